The van der Waals surface area contributed by atoms with Crippen molar-refractivity contribution in [3.63, 3.8) is 0 Å². The van der Waals surface area contributed by atoms with Gasteiger partial charge in [-0.2, -0.15) is 0 Å². The lowest BCUT2D eigenvalue weighted by molar-refractivity contribution is 0.0833. The fourth-order valence-corrected chi connectivity index (χ4v) is 5.03. The Morgan fingerprint density at radius 2 is 1.74 bits per heavy atom. The predicted octanol–water partition coefficient (Wildman–Crippen LogP) is 2.80. The lowest BCUT2D eigenvalue weighted by atomic mass is 9.88. The highest BCUT2D eigenvalue weighted by Gasteiger charge is 2.27. The van der Waals surface area contributed by atoms with Crippen LogP contribution in [0.5, 0.6) is 11.5 Å². The van der Waals surface area contributed by atoms with E-state index < -0.39 is 10.0 Å². The molecule has 0 atom stereocenters. The van der Waals surface area contributed by atoms with Crippen LogP contribution in [0.15, 0.2) is 47.4 Å². The summed E-state index contributed by atoms with van der Waals surface area (Å²) in [6.07, 6.45) is 1.56. The lowest BCUT2D eigenvalue weighted by Gasteiger charge is -2.31. The molecule has 166 valence electrons. The molecule has 0 unspecified atom stereocenters. The number of carbonyl (C=O) groups excluding carboxylic acids is 1. The molecular formula is C23H28N2O5S. The molecule has 0 bridgehead atoms. The summed E-state index contributed by atoms with van der Waals surface area (Å²) < 4.78 is 37.1. The van der Waals surface area contributed by atoms with E-state index in [9.17, 15) is 13.2 Å². The minimum Gasteiger partial charge on any atom is -0.486 e. The standard InChI is InChI=1S/C23H28N2O5S/c1-24(2)31(27,28)20-5-3-4-17(14-20)16-25-10-8-18(9-11-25)23(26)19-6-7-21-22(15-19)30-13-12-29-21/h3-7,14-15,18H,8-13,16H2,1-2H3. The molecule has 0 radical (unpaired) electrons. The molecule has 0 aliphatic carbocycles. The van der Waals surface area contributed by atoms with Crippen LogP contribution in [0.3, 0.4) is 0 Å². The van der Waals surface area contributed by atoms with Gasteiger partial charge in [0, 0.05) is 32.1 Å². The van der Waals surface area contributed by atoms with Crippen LogP contribution in [-0.2, 0) is 16.6 Å². The van der Waals surface area contributed by atoms with Gasteiger partial charge in [-0.1, -0.05) is 12.1 Å². The van der Waals surface area contributed by atoms with Gasteiger partial charge in [0.1, 0.15) is 13.2 Å². The highest BCUT2D eigenvalue weighted by molar-refractivity contribution is 7.89. The smallest absolute Gasteiger partial charge is 0.242 e. The van der Waals surface area contributed by atoms with Crippen molar-refractivity contribution >= 4 is 15.8 Å². The SMILES string of the molecule is CN(C)S(=O)(=O)c1cccc(CN2CCC(C(=O)c3ccc4c(c3)OCCO4)CC2)c1. The summed E-state index contributed by atoms with van der Waals surface area (Å²) in [6, 6.07) is 12.5. The van der Waals surface area contributed by atoms with Crippen LogP contribution in [0.2, 0.25) is 0 Å². The highest BCUT2D eigenvalue weighted by Crippen LogP contribution is 2.32. The van der Waals surface area contributed by atoms with Gasteiger partial charge in [0.05, 0.1) is 4.90 Å². The maximum atomic E-state index is 13.0. The van der Waals surface area contributed by atoms with Crippen molar-refractivity contribution in [3.05, 3.63) is 53.6 Å². The van der Waals surface area contributed by atoms with E-state index in [0.29, 0.717) is 41.7 Å². The molecule has 0 aromatic heterocycles. The van der Waals surface area contributed by atoms with Crippen LogP contribution in [0.4, 0.5) is 0 Å². The van der Waals surface area contributed by atoms with Crippen molar-refractivity contribution in [2.45, 2.75) is 24.3 Å². The summed E-state index contributed by atoms with van der Waals surface area (Å²) in [5, 5.41) is 0. The minimum absolute atomic E-state index is 0.0146. The summed E-state index contributed by atoms with van der Waals surface area (Å²) in [4.78, 5) is 15.6. The van der Waals surface area contributed by atoms with E-state index in [0.717, 1.165) is 31.5 Å². The second-order valence-corrected chi connectivity index (χ2v) is 10.4. The van der Waals surface area contributed by atoms with Gasteiger partial charge in [0.2, 0.25) is 10.0 Å². The number of piperidine rings is 1. The second kappa shape index (κ2) is 8.98. The van der Waals surface area contributed by atoms with Gasteiger partial charge in [-0.3, -0.25) is 9.69 Å². The summed E-state index contributed by atoms with van der Waals surface area (Å²) in [6.45, 7) is 3.29. The Morgan fingerprint density at radius 3 is 2.45 bits per heavy atom. The van der Waals surface area contributed by atoms with Crippen molar-refractivity contribution in [1.29, 1.82) is 0 Å². The number of Topliss-reactive ketones (excluding diaryl/α,β-unsaturated/α-hetero) is 1. The Kier molecular flexibility index (Phi) is 6.31. The zero-order valence-electron chi connectivity index (χ0n) is 17.9. The van der Waals surface area contributed by atoms with Gasteiger partial charge in [-0.15, -0.1) is 0 Å². The Labute approximate surface area is 183 Å². The van der Waals surface area contributed by atoms with Gasteiger partial charge in [-0.25, -0.2) is 12.7 Å². The van der Waals surface area contributed by atoms with Crippen molar-refractivity contribution in [2.75, 3.05) is 40.4 Å². The average Bonchev–Trinajstić information content (AvgIpc) is 2.79. The Bertz CT molecular complexity index is 1060. The molecule has 0 saturated carbocycles. The third-order valence-electron chi connectivity index (χ3n) is 5.87. The molecule has 1 fully saturated rings. The molecule has 31 heavy (non-hydrogen) atoms. The van der Waals surface area contributed by atoms with E-state index >= 15 is 0 Å². The number of nitrogens with zero attached hydrogens (tertiary/aromatic N) is 2. The van der Waals surface area contributed by atoms with Crippen LogP contribution in [-0.4, -0.2) is 63.8 Å². The maximum Gasteiger partial charge on any atom is 0.242 e. The largest absolute Gasteiger partial charge is 0.486 e. The number of benzene rings is 2. The predicted molar refractivity (Wildman–Crippen MR) is 117 cm³/mol. The molecular weight excluding hydrogens is 416 g/mol. The molecule has 2 aromatic rings. The van der Waals surface area contributed by atoms with E-state index in [1.165, 1.54) is 18.4 Å². The summed E-state index contributed by atoms with van der Waals surface area (Å²) in [5.74, 6) is 1.47. The second-order valence-electron chi connectivity index (χ2n) is 8.21. The van der Waals surface area contributed by atoms with Crippen molar-refractivity contribution in [3.8, 4) is 11.5 Å². The summed E-state index contributed by atoms with van der Waals surface area (Å²) >= 11 is 0. The first-order chi connectivity index (χ1) is 14.8. The molecule has 2 aliphatic heterocycles. The molecule has 2 aromatic carbocycles. The van der Waals surface area contributed by atoms with Crippen LogP contribution >= 0.6 is 0 Å². The molecule has 7 nitrogen and oxygen atoms in total. The lowest BCUT2D eigenvalue weighted by Crippen LogP contribution is -2.36. The van der Waals surface area contributed by atoms with Gasteiger partial charge >= 0.3 is 0 Å². The first-order valence-electron chi connectivity index (χ1n) is 10.5. The molecule has 0 amide bonds. The Hall–Kier alpha value is -2.42. The van der Waals surface area contributed by atoms with Crippen LogP contribution in [0.25, 0.3) is 0 Å². The van der Waals surface area contributed by atoms with E-state index in [4.69, 9.17) is 9.47 Å². The number of hydrogen-bond acceptors (Lipinski definition) is 6. The average molecular weight is 445 g/mol. The topological polar surface area (TPSA) is 76.2 Å². The van der Waals surface area contributed by atoms with Crippen molar-refractivity contribution < 1.29 is 22.7 Å². The minimum atomic E-state index is -3.45. The van der Waals surface area contributed by atoms with E-state index in [-0.39, 0.29) is 11.7 Å². The first kappa shape index (κ1) is 21.8. The number of rotatable bonds is 6. The Morgan fingerprint density at radius 1 is 1.03 bits per heavy atom. The van der Waals surface area contributed by atoms with Gasteiger partial charge < -0.3 is 9.47 Å². The van der Waals surface area contributed by atoms with Crippen LogP contribution < -0.4 is 9.47 Å². The number of sulfonamides is 1. The molecule has 1 saturated heterocycles. The fraction of sp³-hybridized carbons (Fsp3) is 0.435. The maximum absolute atomic E-state index is 13.0. The van der Waals surface area contributed by atoms with E-state index in [2.05, 4.69) is 4.90 Å². The number of hydrogen-bond donors (Lipinski definition) is 0. The van der Waals surface area contributed by atoms with Crippen molar-refractivity contribution in [2.24, 2.45) is 5.92 Å². The molecule has 2 heterocycles. The number of ketones is 1. The number of likely N-dealkylation sites (tertiary alicyclic amines) is 1. The third-order valence-corrected chi connectivity index (χ3v) is 7.68. The molecule has 0 N–H and O–H groups in total. The normalized spacial score (nSPS) is 17.6. The Balaban J connectivity index is 1.37. The van der Waals surface area contributed by atoms with Crippen LogP contribution in [0, 0.1) is 5.92 Å². The molecule has 2 aliphatic rings. The third kappa shape index (κ3) is 4.76. The first-order valence-corrected chi connectivity index (χ1v) is 12.0. The fourth-order valence-electron chi connectivity index (χ4n) is 4.06. The molecule has 4 rings (SSSR count). The molecule has 8 heteroatoms. The monoisotopic (exact) mass is 444 g/mol. The van der Waals surface area contributed by atoms with E-state index in [1.54, 1.807) is 24.3 Å². The summed E-state index contributed by atoms with van der Waals surface area (Å²) in [5.41, 5.74) is 1.63. The van der Waals surface area contributed by atoms with Gasteiger partial charge in [0.15, 0.2) is 17.3 Å². The number of ether oxygens (including phenoxy) is 2. The van der Waals surface area contributed by atoms with Crippen molar-refractivity contribution in [1.82, 2.24) is 9.21 Å². The highest BCUT2D eigenvalue weighted by atomic mass is 32.2. The van der Waals surface area contributed by atoms with Gasteiger partial charge in [0.25, 0.3) is 0 Å². The number of carbonyl (C=O) groups is 1. The summed E-state index contributed by atoms with van der Waals surface area (Å²) in [7, 11) is -0.380. The zero-order valence-corrected chi connectivity index (χ0v) is 18.7. The zero-order chi connectivity index (χ0) is 22.0. The van der Waals surface area contributed by atoms with E-state index in [1.807, 2.05) is 18.2 Å². The van der Waals surface area contributed by atoms with Crippen LogP contribution in [0.1, 0.15) is 28.8 Å². The quantitative estimate of drug-likeness (QED) is 0.638. The number of fused-ring (bicyclic) bond motifs is 1. The molecule has 0 spiro atoms. The van der Waals surface area contributed by atoms with Gasteiger partial charge in [-0.05, 0) is 61.8 Å².